The van der Waals surface area contributed by atoms with Crippen LogP contribution in [-0.4, -0.2) is 34.5 Å². The quantitative estimate of drug-likeness (QED) is 0.318. The van der Waals surface area contributed by atoms with Gasteiger partial charge in [-0.25, -0.2) is 9.59 Å². The second-order valence-corrected chi connectivity index (χ2v) is 7.93. The first-order valence-electron chi connectivity index (χ1n) is 11.4. The molecule has 0 saturated heterocycles. The van der Waals surface area contributed by atoms with E-state index in [2.05, 4.69) is 10.3 Å². The number of benzene rings is 3. The topological polar surface area (TPSA) is 106 Å². The van der Waals surface area contributed by atoms with Crippen molar-refractivity contribution < 1.29 is 24.2 Å². The van der Waals surface area contributed by atoms with Gasteiger partial charge in [0.15, 0.2) is 0 Å². The highest BCUT2D eigenvalue weighted by Gasteiger charge is 2.33. The van der Waals surface area contributed by atoms with Gasteiger partial charge in [-0.2, -0.15) is 0 Å². The number of aromatic carboxylic acids is 1. The molecule has 7 heteroatoms. The van der Waals surface area contributed by atoms with E-state index in [1.807, 2.05) is 30.3 Å². The molecular formula is C29H24N2O5. The third kappa shape index (κ3) is 4.72. The molecular weight excluding hydrogens is 456 g/mol. The lowest BCUT2D eigenvalue weighted by atomic mass is 9.81. The Morgan fingerprint density at radius 2 is 1.39 bits per heavy atom. The van der Waals surface area contributed by atoms with Crippen LogP contribution in [0.4, 0.5) is 5.69 Å². The van der Waals surface area contributed by atoms with Gasteiger partial charge in [-0.05, 0) is 24.1 Å². The third-order valence-electron chi connectivity index (χ3n) is 5.57. The Labute approximate surface area is 208 Å². The van der Waals surface area contributed by atoms with Gasteiger partial charge in [-0.1, -0.05) is 66.7 Å². The molecule has 0 bridgehead atoms. The van der Waals surface area contributed by atoms with E-state index in [1.54, 1.807) is 61.8 Å². The van der Waals surface area contributed by atoms with E-state index < -0.39 is 17.8 Å². The number of carbonyl (C=O) groups is 3. The van der Waals surface area contributed by atoms with Crippen molar-refractivity contribution >= 4 is 23.5 Å². The maximum atomic E-state index is 13.6. The molecule has 1 amide bonds. The van der Waals surface area contributed by atoms with E-state index in [4.69, 9.17) is 4.74 Å². The van der Waals surface area contributed by atoms with Gasteiger partial charge >= 0.3 is 11.9 Å². The van der Waals surface area contributed by atoms with Gasteiger partial charge in [0, 0.05) is 41.6 Å². The highest BCUT2D eigenvalue weighted by molar-refractivity contribution is 6.19. The summed E-state index contributed by atoms with van der Waals surface area (Å²) in [5, 5.41) is 13.2. The zero-order valence-corrected chi connectivity index (χ0v) is 19.8. The molecule has 0 atom stereocenters. The average Bonchev–Trinajstić information content (AvgIpc) is 2.89. The van der Waals surface area contributed by atoms with Crippen molar-refractivity contribution in [2.75, 3.05) is 11.9 Å². The molecule has 7 nitrogen and oxygen atoms in total. The molecule has 36 heavy (non-hydrogen) atoms. The second kappa shape index (κ2) is 10.7. The number of hydrogen-bond acceptors (Lipinski definition) is 5. The van der Waals surface area contributed by atoms with Gasteiger partial charge in [0.2, 0.25) is 5.91 Å². The lowest BCUT2D eigenvalue weighted by molar-refractivity contribution is -0.114. The Hall–Kier alpha value is -4.78. The Morgan fingerprint density at radius 1 is 0.806 bits per heavy atom. The number of carboxylic acids is 1. The Balaban J connectivity index is 2.33. The van der Waals surface area contributed by atoms with Crippen LogP contribution in [-0.2, 0) is 9.53 Å². The minimum atomic E-state index is -1.30. The average molecular weight is 481 g/mol. The van der Waals surface area contributed by atoms with Gasteiger partial charge < -0.3 is 15.2 Å². The van der Waals surface area contributed by atoms with Crippen LogP contribution in [0.15, 0.2) is 85.2 Å². The summed E-state index contributed by atoms with van der Waals surface area (Å²) in [7, 11) is 0. The Bertz CT molecular complexity index is 1420. The first kappa shape index (κ1) is 24.3. The molecule has 0 spiro atoms. The highest BCUT2D eigenvalue weighted by atomic mass is 16.5. The van der Waals surface area contributed by atoms with Crippen molar-refractivity contribution in [3.8, 4) is 33.4 Å². The van der Waals surface area contributed by atoms with Crippen LogP contribution in [0, 0.1) is 0 Å². The molecule has 4 aromatic rings. The number of pyridine rings is 1. The number of esters is 1. The van der Waals surface area contributed by atoms with Gasteiger partial charge in [0.25, 0.3) is 0 Å². The summed E-state index contributed by atoms with van der Waals surface area (Å²) < 4.78 is 5.46. The third-order valence-corrected chi connectivity index (χ3v) is 5.57. The summed E-state index contributed by atoms with van der Waals surface area (Å²) in [6, 6.07) is 21.3. The summed E-state index contributed by atoms with van der Waals surface area (Å²) in [4.78, 5) is 43.0. The number of nitrogens with one attached hydrogen (secondary N) is 1. The van der Waals surface area contributed by atoms with Crippen molar-refractivity contribution in [3.63, 3.8) is 0 Å². The number of carboxylic acid groups (broad SMARTS) is 1. The molecule has 0 unspecified atom stereocenters. The fraction of sp³-hybridized carbons (Fsp3) is 0.103. The summed E-state index contributed by atoms with van der Waals surface area (Å²) in [5.41, 5.74) is 2.62. The van der Waals surface area contributed by atoms with Crippen LogP contribution < -0.4 is 5.32 Å². The van der Waals surface area contributed by atoms with E-state index in [-0.39, 0.29) is 29.0 Å². The smallest absolute Gasteiger partial charge is 0.339 e. The normalized spacial score (nSPS) is 10.5. The largest absolute Gasteiger partial charge is 0.478 e. The number of amides is 1. The van der Waals surface area contributed by atoms with Crippen molar-refractivity contribution in [1.82, 2.24) is 4.98 Å². The molecule has 0 saturated carbocycles. The van der Waals surface area contributed by atoms with Gasteiger partial charge in [-0.15, -0.1) is 0 Å². The summed E-state index contributed by atoms with van der Waals surface area (Å²) in [6.45, 7) is 3.09. The maximum absolute atomic E-state index is 13.6. The Morgan fingerprint density at radius 3 is 1.89 bits per heavy atom. The monoisotopic (exact) mass is 480 g/mol. The van der Waals surface area contributed by atoms with Gasteiger partial charge in [-0.3, -0.25) is 9.78 Å². The second-order valence-electron chi connectivity index (χ2n) is 7.93. The first-order valence-corrected chi connectivity index (χ1v) is 11.4. The molecule has 0 radical (unpaired) electrons. The fourth-order valence-corrected chi connectivity index (χ4v) is 4.26. The maximum Gasteiger partial charge on any atom is 0.339 e. The zero-order chi connectivity index (χ0) is 25.7. The van der Waals surface area contributed by atoms with Crippen LogP contribution in [0.25, 0.3) is 33.4 Å². The van der Waals surface area contributed by atoms with Crippen LogP contribution in [0.1, 0.15) is 34.6 Å². The molecule has 2 N–H and O–H groups in total. The minimum absolute atomic E-state index is 0.0776. The molecule has 4 rings (SSSR count). The number of rotatable bonds is 7. The standard InChI is InChI=1S/C29H24N2O5/c1-3-36-29(35)25-22(19-11-6-4-7-12-19)24(21-15-10-16-30-17-21)27(31-18(2)32)26(28(33)34)23(25)20-13-8-5-9-14-20/h4-17H,3H2,1-2H3,(H,31,32)(H,33,34). The fourth-order valence-electron chi connectivity index (χ4n) is 4.26. The number of aromatic nitrogens is 1. The summed E-state index contributed by atoms with van der Waals surface area (Å²) in [6.07, 6.45) is 3.16. The number of anilines is 1. The predicted octanol–water partition coefficient (Wildman–Crippen LogP) is 5.92. The van der Waals surface area contributed by atoms with Crippen LogP contribution >= 0.6 is 0 Å². The van der Waals surface area contributed by atoms with Crippen molar-refractivity contribution in [3.05, 3.63) is 96.3 Å². The molecule has 180 valence electrons. The number of hydrogen-bond donors (Lipinski definition) is 2. The predicted molar refractivity (Wildman–Crippen MR) is 138 cm³/mol. The molecule has 0 aliphatic rings. The first-order chi connectivity index (χ1) is 17.4. The molecule has 3 aromatic carbocycles. The minimum Gasteiger partial charge on any atom is -0.478 e. The van der Waals surface area contributed by atoms with E-state index in [1.165, 1.54) is 6.92 Å². The molecule has 0 aliphatic carbocycles. The summed E-state index contributed by atoms with van der Waals surface area (Å²) in [5.74, 6) is -2.42. The van der Waals surface area contributed by atoms with E-state index in [9.17, 15) is 19.5 Å². The number of carbonyl (C=O) groups excluding carboxylic acids is 2. The SMILES string of the molecule is CCOC(=O)c1c(-c2ccccc2)c(C(=O)O)c(NC(C)=O)c(-c2cccnc2)c1-c1ccccc1. The van der Waals surface area contributed by atoms with Crippen molar-refractivity contribution in [1.29, 1.82) is 0 Å². The van der Waals surface area contributed by atoms with Crippen LogP contribution in [0.5, 0.6) is 0 Å². The lowest BCUT2D eigenvalue weighted by Crippen LogP contribution is -2.19. The molecule has 1 heterocycles. The van der Waals surface area contributed by atoms with E-state index >= 15 is 0 Å². The van der Waals surface area contributed by atoms with E-state index in [0.717, 1.165) is 0 Å². The van der Waals surface area contributed by atoms with Crippen molar-refractivity contribution in [2.24, 2.45) is 0 Å². The molecule has 0 aliphatic heterocycles. The van der Waals surface area contributed by atoms with Gasteiger partial charge in [0.1, 0.15) is 0 Å². The molecule has 0 fully saturated rings. The van der Waals surface area contributed by atoms with Gasteiger partial charge in [0.05, 0.1) is 23.4 Å². The summed E-state index contributed by atoms with van der Waals surface area (Å²) >= 11 is 0. The Kier molecular flexibility index (Phi) is 7.20. The molecule has 1 aromatic heterocycles. The van der Waals surface area contributed by atoms with Crippen molar-refractivity contribution in [2.45, 2.75) is 13.8 Å². The number of nitrogens with zero attached hydrogens (tertiary/aromatic N) is 1. The van der Waals surface area contributed by atoms with Crippen LogP contribution in [0.2, 0.25) is 0 Å². The highest BCUT2D eigenvalue weighted by Crippen LogP contribution is 2.48. The number of ether oxygens (including phenoxy) is 1. The van der Waals surface area contributed by atoms with Crippen LogP contribution in [0.3, 0.4) is 0 Å². The zero-order valence-electron chi connectivity index (χ0n) is 19.8. The lowest BCUT2D eigenvalue weighted by Gasteiger charge is -2.25. The van der Waals surface area contributed by atoms with E-state index in [0.29, 0.717) is 27.8 Å².